The van der Waals surface area contributed by atoms with Crippen LogP contribution in [0.5, 0.6) is 0 Å². The molecule has 0 bridgehead atoms. The molecule has 5 aromatic carbocycles. The second-order valence-electron chi connectivity index (χ2n) is 11.6. The van der Waals surface area contributed by atoms with Crippen LogP contribution in [0.25, 0.3) is 61.2 Å². The number of benzene rings is 5. The summed E-state index contributed by atoms with van der Waals surface area (Å²) in [7, 11) is 0. The van der Waals surface area contributed by atoms with E-state index in [4.69, 9.17) is 13.5 Å². The van der Waals surface area contributed by atoms with Gasteiger partial charge in [-0.1, -0.05) is 80.6 Å². The lowest BCUT2D eigenvalue weighted by molar-refractivity contribution is 0.0785. The first kappa shape index (κ1) is 22.0. The molecule has 0 amide bonds. The van der Waals surface area contributed by atoms with Crippen molar-refractivity contribution >= 4 is 33.0 Å². The molecule has 1 N–H and O–H groups in total. The van der Waals surface area contributed by atoms with Gasteiger partial charge in [-0.2, -0.15) is 0 Å². The lowest BCUT2D eigenvalue weighted by Crippen LogP contribution is -2.21. The second kappa shape index (κ2) is 9.71. The van der Waals surface area contributed by atoms with Crippen molar-refractivity contribution in [2.75, 3.05) is 0 Å². The van der Waals surface area contributed by atoms with E-state index in [0.717, 1.165) is 38.5 Å². The van der Waals surface area contributed by atoms with Crippen molar-refractivity contribution in [3.8, 4) is 28.2 Å². The van der Waals surface area contributed by atoms with Crippen LogP contribution in [0.4, 0.5) is 0 Å². The molecule has 2 heterocycles. The Hall–Kier alpha value is -4.67. The molecular formula is C38H34N2O2. The third-order valence-corrected chi connectivity index (χ3v) is 7.94. The fourth-order valence-corrected chi connectivity index (χ4v) is 5.93. The number of rotatable bonds is 5. The predicted molar refractivity (Wildman–Crippen MR) is 173 cm³/mol. The molecule has 0 aliphatic carbocycles. The van der Waals surface area contributed by atoms with Gasteiger partial charge in [-0.3, -0.25) is 4.57 Å². The normalized spacial score (nSPS) is 14.2. The predicted octanol–water partition coefficient (Wildman–Crippen LogP) is 9.92. The largest absolute Gasteiger partial charge is 0.455 e. The summed E-state index contributed by atoms with van der Waals surface area (Å²) in [5.74, 6) is -0.467. The molecule has 4 nitrogen and oxygen atoms in total. The number of aryl methyl sites for hydroxylation is 1. The highest BCUT2D eigenvalue weighted by Crippen LogP contribution is 2.43. The Bertz CT molecular complexity index is 2230. The van der Waals surface area contributed by atoms with E-state index < -0.39 is 18.3 Å². The number of nitrogens with zero attached hydrogens (tertiary/aromatic N) is 2. The summed E-state index contributed by atoms with van der Waals surface area (Å²) >= 11 is 0. The molecule has 0 radical (unpaired) electrons. The number of aliphatic hydroxyl groups is 1. The molecule has 0 aliphatic rings. The van der Waals surface area contributed by atoms with Gasteiger partial charge in [0.2, 0.25) is 0 Å². The maximum absolute atomic E-state index is 11.8. The SMILES string of the molecule is [2H]C([2H])([2H])c1ccc2c(c1)oc1c(-c3nc4ccccc4n3-c3c(C([2H])(C)C)cc(-c4ccccc4)cc3C(C)(C)O)cccc12. The van der Waals surface area contributed by atoms with Gasteiger partial charge in [-0.05, 0) is 85.2 Å². The zero-order valence-corrected chi connectivity index (χ0v) is 24.1. The fraction of sp³-hybridized carbons (Fsp3) is 0.184. The highest BCUT2D eigenvalue weighted by Gasteiger charge is 2.29. The minimum absolute atomic E-state index is 0.212. The lowest BCUT2D eigenvalue weighted by atomic mass is 9.86. The van der Waals surface area contributed by atoms with Gasteiger partial charge in [0, 0.05) is 21.8 Å². The third-order valence-electron chi connectivity index (χ3n) is 7.94. The molecule has 42 heavy (non-hydrogen) atoms. The minimum atomic E-state index is -2.26. The van der Waals surface area contributed by atoms with Gasteiger partial charge < -0.3 is 9.52 Å². The summed E-state index contributed by atoms with van der Waals surface area (Å²) in [6.45, 7) is 4.99. The van der Waals surface area contributed by atoms with E-state index >= 15 is 0 Å². The first-order valence-corrected chi connectivity index (χ1v) is 14.1. The standard InChI is InChI=1S/C38H34N2O2/c1-23(2)30-21-26(25-12-7-6-8-13-25)22-31(38(4,5)41)35(30)40-33-17-10-9-16-32(33)39-37(40)29-15-11-14-28-27-19-18-24(3)20-34(27)42-36(28)29/h6-23,41H,1-5H3/i3D3,23D. The zero-order valence-electron chi connectivity index (χ0n) is 28.1. The summed E-state index contributed by atoms with van der Waals surface area (Å²) in [5.41, 5.74) is 6.25. The first-order chi connectivity index (χ1) is 21.7. The van der Waals surface area contributed by atoms with E-state index in [9.17, 15) is 6.48 Å². The summed E-state index contributed by atoms with van der Waals surface area (Å²) in [6.07, 6.45) is 0. The molecule has 0 fully saturated rings. The molecule has 0 aliphatic heterocycles. The topological polar surface area (TPSA) is 51.2 Å². The van der Waals surface area contributed by atoms with Crippen LogP contribution in [0.15, 0.2) is 108 Å². The molecule has 7 aromatic rings. The Balaban J connectivity index is 1.60. The van der Waals surface area contributed by atoms with Crippen molar-refractivity contribution in [2.24, 2.45) is 0 Å². The van der Waals surface area contributed by atoms with Crippen LogP contribution in [0, 0.1) is 6.85 Å². The molecule has 0 atom stereocenters. The molecule has 2 aromatic heterocycles. The van der Waals surface area contributed by atoms with Crippen molar-refractivity contribution < 1.29 is 15.0 Å². The quantitative estimate of drug-likeness (QED) is 0.230. The van der Waals surface area contributed by atoms with Crippen LogP contribution >= 0.6 is 0 Å². The number of aromatic nitrogens is 2. The number of fused-ring (bicyclic) bond motifs is 4. The van der Waals surface area contributed by atoms with Crippen LogP contribution in [-0.4, -0.2) is 14.7 Å². The van der Waals surface area contributed by atoms with E-state index in [1.165, 1.54) is 0 Å². The van der Waals surface area contributed by atoms with Gasteiger partial charge in [-0.25, -0.2) is 4.98 Å². The number of para-hydroxylation sites is 3. The van der Waals surface area contributed by atoms with Gasteiger partial charge in [0.25, 0.3) is 0 Å². The van der Waals surface area contributed by atoms with Gasteiger partial charge in [0.15, 0.2) is 0 Å². The minimum Gasteiger partial charge on any atom is -0.455 e. The molecular weight excluding hydrogens is 516 g/mol. The number of furan rings is 1. The number of imidazole rings is 1. The smallest absolute Gasteiger partial charge is 0.149 e. The van der Waals surface area contributed by atoms with E-state index in [1.54, 1.807) is 32.0 Å². The Morgan fingerprint density at radius 2 is 1.64 bits per heavy atom. The average Bonchev–Trinajstić information content (AvgIpc) is 3.58. The van der Waals surface area contributed by atoms with E-state index in [1.807, 2.05) is 103 Å². The average molecular weight is 555 g/mol. The van der Waals surface area contributed by atoms with Crippen molar-refractivity contribution in [3.63, 3.8) is 0 Å². The van der Waals surface area contributed by atoms with Crippen molar-refractivity contribution in [3.05, 3.63) is 120 Å². The van der Waals surface area contributed by atoms with Crippen molar-refractivity contribution in [2.45, 2.75) is 46.0 Å². The summed E-state index contributed by atoms with van der Waals surface area (Å²) in [6, 6.07) is 32.7. The summed E-state index contributed by atoms with van der Waals surface area (Å²) in [5, 5.41) is 13.4. The van der Waals surface area contributed by atoms with Crippen LogP contribution < -0.4 is 0 Å². The maximum Gasteiger partial charge on any atom is 0.149 e. The third kappa shape index (κ3) is 4.22. The van der Waals surface area contributed by atoms with Gasteiger partial charge in [0.05, 0.1) is 27.9 Å². The van der Waals surface area contributed by atoms with Gasteiger partial charge >= 0.3 is 0 Å². The lowest BCUT2D eigenvalue weighted by Gasteiger charge is -2.28. The Morgan fingerprint density at radius 1 is 0.857 bits per heavy atom. The molecule has 4 heteroatoms. The Labute approximate surface area is 251 Å². The highest BCUT2D eigenvalue weighted by molar-refractivity contribution is 6.09. The zero-order chi connectivity index (χ0) is 32.6. The molecule has 0 unspecified atom stereocenters. The molecule has 7 rings (SSSR count). The Kier molecular flexibility index (Phi) is 5.09. The van der Waals surface area contributed by atoms with Crippen LogP contribution in [0.1, 0.15) is 55.8 Å². The molecule has 0 spiro atoms. The van der Waals surface area contributed by atoms with Gasteiger partial charge in [-0.15, -0.1) is 0 Å². The highest BCUT2D eigenvalue weighted by atomic mass is 16.3. The molecule has 0 saturated heterocycles. The maximum atomic E-state index is 11.8. The van der Waals surface area contributed by atoms with Crippen LogP contribution in [0.3, 0.4) is 0 Å². The van der Waals surface area contributed by atoms with Crippen LogP contribution in [0.2, 0.25) is 0 Å². The van der Waals surface area contributed by atoms with Crippen LogP contribution in [-0.2, 0) is 5.60 Å². The van der Waals surface area contributed by atoms with Crippen molar-refractivity contribution in [1.82, 2.24) is 9.55 Å². The van der Waals surface area contributed by atoms with E-state index in [-0.39, 0.29) is 5.56 Å². The number of hydrogen-bond acceptors (Lipinski definition) is 3. The van der Waals surface area contributed by atoms with E-state index in [2.05, 4.69) is 0 Å². The first-order valence-electron chi connectivity index (χ1n) is 16.1. The molecule has 0 saturated carbocycles. The Morgan fingerprint density at radius 3 is 2.40 bits per heavy atom. The second-order valence-corrected chi connectivity index (χ2v) is 11.6. The summed E-state index contributed by atoms with van der Waals surface area (Å²) < 4.78 is 41.5. The monoisotopic (exact) mass is 554 g/mol. The molecule has 208 valence electrons. The van der Waals surface area contributed by atoms with Crippen molar-refractivity contribution in [1.29, 1.82) is 0 Å². The van der Waals surface area contributed by atoms with E-state index in [0.29, 0.717) is 33.8 Å². The fourth-order valence-electron chi connectivity index (χ4n) is 5.93. The number of hydrogen-bond donors (Lipinski definition) is 1. The van der Waals surface area contributed by atoms with Gasteiger partial charge in [0.1, 0.15) is 17.0 Å². The summed E-state index contributed by atoms with van der Waals surface area (Å²) in [4.78, 5) is 5.13.